The minimum atomic E-state index is -1.05. The van der Waals surface area contributed by atoms with E-state index in [0.717, 1.165) is 16.7 Å². The number of carbonyl (C=O) groups is 1. The number of aromatic amines is 1. The maximum Gasteiger partial charge on any atom is 0.336 e. The van der Waals surface area contributed by atoms with Gasteiger partial charge in [0.2, 0.25) is 5.88 Å². The summed E-state index contributed by atoms with van der Waals surface area (Å²) < 4.78 is 25.0. The number of hydrogen-bond acceptors (Lipinski definition) is 6. The van der Waals surface area contributed by atoms with Crippen LogP contribution in [0.2, 0.25) is 0 Å². The van der Waals surface area contributed by atoms with Crippen molar-refractivity contribution in [3.05, 3.63) is 83.6 Å². The van der Waals surface area contributed by atoms with Crippen LogP contribution in [0.1, 0.15) is 21.5 Å². The fourth-order valence-corrected chi connectivity index (χ4v) is 3.95. The van der Waals surface area contributed by atoms with Gasteiger partial charge in [0.15, 0.2) is 5.65 Å². The molecule has 0 amide bonds. The summed E-state index contributed by atoms with van der Waals surface area (Å²) in [6.07, 6.45) is 1.66. The average Bonchev–Trinajstić information content (AvgIpc) is 3.30. The SMILES string of the molecule is COc1ncccc1-c1ccc(-c2nc3nc(Oc4ccc(C)c(C(=O)O)c4)[nH]c3cc2CF)cc1. The summed E-state index contributed by atoms with van der Waals surface area (Å²) in [6, 6.07) is 17.8. The van der Waals surface area contributed by atoms with Crippen molar-refractivity contribution in [2.24, 2.45) is 0 Å². The van der Waals surface area contributed by atoms with Crippen LogP contribution < -0.4 is 9.47 Å². The first-order valence-corrected chi connectivity index (χ1v) is 11.0. The first kappa shape index (κ1) is 23.0. The fraction of sp³-hybridized carbons (Fsp3) is 0.111. The van der Waals surface area contributed by atoms with Crippen LogP contribution in [0, 0.1) is 6.92 Å². The maximum atomic E-state index is 14.0. The molecule has 3 heterocycles. The number of nitrogens with zero attached hydrogens (tertiary/aromatic N) is 3. The van der Waals surface area contributed by atoms with E-state index in [4.69, 9.17) is 9.47 Å². The molecule has 8 nitrogen and oxygen atoms in total. The van der Waals surface area contributed by atoms with Crippen molar-refractivity contribution in [3.63, 3.8) is 0 Å². The summed E-state index contributed by atoms with van der Waals surface area (Å²) in [5.74, 6) is -0.221. The van der Waals surface area contributed by atoms with Crippen LogP contribution in [0.4, 0.5) is 4.39 Å². The Morgan fingerprint density at radius 2 is 1.83 bits per heavy atom. The van der Waals surface area contributed by atoms with Crippen LogP contribution in [-0.4, -0.2) is 38.1 Å². The Morgan fingerprint density at radius 1 is 1.06 bits per heavy atom. The van der Waals surface area contributed by atoms with Crippen molar-refractivity contribution in [1.82, 2.24) is 19.9 Å². The lowest BCUT2D eigenvalue weighted by atomic mass is 10.0. The molecule has 0 aliphatic heterocycles. The van der Waals surface area contributed by atoms with Crippen molar-refractivity contribution >= 4 is 17.1 Å². The van der Waals surface area contributed by atoms with Gasteiger partial charge < -0.3 is 19.6 Å². The monoisotopic (exact) mass is 484 g/mol. The number of methoxy groups -OCH3 is 1. The average molecular weight is 484 g/mol. The standard InChI is InChI=1S/C27H21FN4O4/c1-15-5-10-19(13-21(15)26(33)34)36-27-30-22-12-18(14-28)23(31-24(22)32-27)17-8-6-16(7-9-17)20-4-3-11-29-25(20)35-2/h3-13H,14H2,1-2H3,(H,33,34)(H,30,31,32). The third kappa shape index (κ3) is 4.34. The number of alkyl halides is 1. The van der Waals surface area contributed by atoms with E-state index in [1.165, 1.54) is 6.07 Å². The van der Waals surface area contributed by atoms with Gasteiger partial charge in [-0.25, -0.2) is 19.2 Å². The Balaban J connectivity index is 1.48. The number of fused-ring (bicyclic) bond motifs is 1. The Labute approximate surface area is 205 Å². The van der Waals surface area contributed by atoms with Crippen molar-refractivity contribution in [2.75, 3.05) is 7.11 Å². The van der Waals surface area contributed by atoms with Crippen LogP contribution in [-0.2, 0) is 6.67 Å². The van der Waals surface area contributed by atoms with Gasteiger partial charge in [-0.3, -0.25) is 0 Å². The van der Waals surface area contributed by atoms with E-state index in [1.807, 2.05) is 36.4 Å². The minimum Gasteiger partial charge on any atom is -0.481 e. The van der Waals surface area contributed by atoms with Gasteiger partial charge in [0, 0.05) is 22.9 Å². The van der Waals surface area contributed by atoms with E-state index < -0.39 is 12.6 Å². The molecule has 0 aliphatic rings. The second kappa shape index (κ2) is 9.46. The van der Waals surface area contributed by atoms with Crippen LogP contribution >= 0.6 is 0 Å². The molecule has 0 aliphatic carbocycles. The van der Waals surface area contributed by atoms with Crippen molar-refractivity contribution < 1.29 is 23.8 Å². The number of benzene rings is 2. The molecule has 5 rings (SSSR count). The second-order valence-corrected chi connectivity index (χ2v) is 8.06. The number of aromatic nitrogens is 4. The zero-order chi connectivity index (χ0) is 25.2. The highest BCUT2D eigenvalue weighted by molar-refractivity contribution is 5.89. The number of rotatable bonds is 7. The van der Waals surface area contributed by atoms with Gasteiger partial charge in [0.25, 0.3) is 0 Å². The first-order valence-electron chi connectivity index (χ1n) is 11.0. The zero-order valence-electron chi connectivity index (χ0n) is 19.4. The fourth-order valence-electron chi connectivity index (χ4n) is 3.95. The Kier molecular flexibility index (Phi) is 6.03. The molecule has 0 atom stereocenters. The second-order valence-electron chi connectivity index (χ2n) is 8.06. The Hall–Kier alpha value is -4.79. The number of aromatic carboxylic acids is 1. The van der Waals surface area contributed by atoms with Gasteiger partial charge in [-0.2, -0.15) is 4.98 Å². The van der Waals surface area contributed by atoms with Crippen molar-refractivity contribution in [3.8, 4) is 40.0 Å². The molecule has 0 unspecified atom stereocenters. The molecular weight excluding hydrogens is 463 g/mol. The third-order valence-corrected chi connectivity index (χ3v) is 5.76. The van der Waals surface area contributed by atoms with E-state index in [-0.39, 0.29) is 11.6 Å². The van der Waals surface area contributed by atoms with Gasteiger partial charge in [0.1, 0.15) is 12.4 Å². The molecule has 3 aromatic heterocycles. The Bertz CT molecular complexity index is 1580. The number of pyridine rings is 2. The van der Waals surface area contributed by atoms with E-state index in [1.54, 1.807) is 38.4 Å². The molecule has 0 fully saturated rings. The topological polar surface area (TPSA) is 110 Å². The lowest BCUT2D eigenvalue weighted by Gasteiger charge is -2.09. The highest BCUT2D eigenvalue weighted by Crippen LogP contribution is 2.32. The highest BCUT2D eigenvalue weighted by Gasteiger charge is 2.15. The molecule has 9 heteroatoms. The van der Waals surface area contributed by atoms with Gasteiger partial charge in [0.05, 0.1) is 23.9 Å². The molecule has 5 aromatic rings. The first-order chi connectivity index (χ1) is 17.5. The molecule has 0 saturated heterocycles. The molecule has 36 heavy (non-hydrogen) atoms. The molecule has 0 radical (unpaired) electrons. The predicted molar refractivity (Wildman–Crippen MR) is 132 cm³/mol. The van der Waals surface area contributed by atoms with E-state index >= 15 is 0 Å². The van der Waals surface area contributed by atoms with Gasteiger partial charge in [-0.15, -0.1) is 0 Å². The predicted octanol–water partition coefficient (Wildman–Crippen LogP) is 5.96. The maximum absolute atomic E-state index is 14.0. The molecule has 0 bridgehead atoms. The molecule has 2 aromatic carbocycles. The third-order valence-electron chi connectivity index (χ3n) is 5.76. The summed E-state index contributed by atoms with van der Waals surface area (Å²) in [4.78, 5) is 27.6. The largest absolute Gasteiger partial charge is 0.481 e. The van der Waals surface area contributed by atoms with Crippen LogP contribution in [0.5, 0.6) is 17.6 Å². The van der Waals surface area contributed by atoms with Gasteiger partial charge in [-0.05, 0) is 48.4 Å². The number of hydrogen-bond donors (Lipinski definition) is 2. The molecule has 0 spiro atoms. The van der Waals surface area contributed by atoms with Crippen molar-refractivity contribution in [2.45, 2.75) is 13.6 Å². The lowest BCUT2D eigenvalue weighted by molar-refractivity contribution is 0.0695. The van der Waals surface area contributed by atoms with Crippen LogP contribution in [0.15, 0.2) is 66.9 Å². The highest BCUT2D eigenvalue weighted by atomic mass is 19.1. The summed E-state index contributed by atoms with van der Waals surface area (Å²) in [7, 11) is 1.57. The normalized spacial score (nSPS) is 11.0. The summed E-state index contributed by atoms with van der Waals surface area (Å²) in [6.45, 7) is 0.990. The van der Waals surface area contributed by atoms with E-state index in [0.29, 0.717) is 39.6 Å². The van der Waals surface area contributed by atoms with E-state index in [2.05, 4.69) is 19.9 Å². The summed E-state index contributed by atoms with van der Waals surface area (Å²) >= 11 is 0. The number of carboxylic acid groups (broad SMARTS) is 1. The van der Waals surface area contributed by atoms with Gasteiger partial charge in [-0.1, -0.05) is 30.3 Å². The van der Waals surface area contributed by atoms with E-state index in [9.17, 15) is 14.3 Å². The summed E-state index contributed by atoms with van der Waals surface area (Å²) in [5.41, 5.74) is 4.94. The number of halogens is 1. The molecular formula is C27H21FN4O4. The van der Waals surface area contributed by atoms with Crippen LogP contribution in [0.3, 0.4) is 0 Å². The molecule has 2 N–H and O–H groups in total. The summed E-state index contributed by atoms with van der Waals surface area (Å²) in [5, 5.41) is 9.34. The smallest absolute Gasteiger partial charge is 0.336 e. The quantitative estimate of drug-likeness (QED) is 0.293. The number of imidazole rings is 1. The van der Waals surface area contributed by atoms with Crippen molar-refractivity contribution in [1.29, 1.82) is 0 Å². The number of carboxylic acids is 1. The number of aryl methyl sites for hydroxylation is 1. The molecule has 0 saturated carbocycles. The molecule has 180 valence electrons. The zero-order valence-corrected chi connectivity index (χ0v) is 19.4. The van der Waals surface area contributed by atoms with Gasteiger partial charge >= 0.3 is 12.0 Å². The van der Waals surface area contributed by atoms with Crippen LogP contribution in [0.25, 0.3) is 33.5 Å². The Morgan fingerprint density at radius 3 is 2.56 bits per heavy atom. The number of nitrogens with one attached hydrogen (secondary N) is 1. The number of H-pyrrole nitrogens is 1. The lowest BCUT2D eigenvalue weighted by Crippen LogP contribution is -2.00. The number of ether oxygens (including phenoxy) is 2. The minimum absolute atomic E-state index is 0.124.